The third-order valence-corrected chi connectivity index (χ3v) is 5.22. The van der Waals surface area contributed by atoms with E-state index in [1.165, 1.54) is 11.3 Å². The van der Waals surface area contributed by atoms with E-state index in [2.05, 4.69) is 10.3 Å². The molecule has 4 aromatic rings. The number of nitrogens with zero attached hydrogens (tertiary/aromatic N) is 1. The van der Waals surface area contributed by atoms with Crippen LogP contribution in [0.3, 0.4) is 0 Å². The van der Waals surface area contributed by atoms with Crippen molar-refractivity contribution in [3.8, 4) is 11.3 Å². The van der Waals surface area contributed by atoms with Gasteiger partial charge in [-0.15, -0.1) is 11.3 Å². The molecule has 1 heterocycles. The second-order valence-electron chi connectivity index (χ2n) is 6.47. The standard InChI is InChI=1S/C23H18N2O3S/c1-15(28-22(27)19-13-7-11-16-8-5-6-12-18(16)19)21(26)25-23-24-20(14-29-23)17-9-3-2-4-10-17/h2-15H,1H3,(H,24,25,26)/t15-/m1/s1. The predicted molar refractivity (Wildman–Crippen MR) is 115 cm³/mol. The number of rotatable bonds is 5. The first-order chi connectivity index (χ1) is 14.1. The molecule has 4 rings (SSSR count). The van der Waals surface area contributed by atoms with Crippen LogP contribution in [0, 0.1) is 0 Å². The van der Waals surface area contributed by atoms with Crippen LogP contribution >= 0.6 is 11.3 Å². The molecule has 1 N–H and O–H groups in total. The molecule has 1 amide bonds. The minimum Gasteiger partial charge on any atom is -0.449 e. The summed E-state index contributed by atoms with van der Waals surface area (Å²) in [7, 11) is 0. The molecule has 0 bridgehead atoms. The van der Waals surface area contributed by atoms with Crippen molar-refractivity contribution < 1.29 is 14.3 Å². The van der Waals surface area contributed by atoms with Gasteiger partial charge in [0.15, 0.2) is 11.2 Å². The average Bonchev–Trinajstić information content (AvgIpc) is 3.22. The van der Waals surface area contributed by atoms with E-state index in [1.807, 2.05) is 66.0 Å². The highest BCUT2D eigenvalue weighted by Gasteiger charge is 2.21. The molecule has 1 aromatic heterocycles. The Kier molecular flexibility index (Phi) is 5.35. The number of carbonyl (C=O) groups excluding carboxylic acids is 2. The van der Waals surface area contributed by atoms with Gasteiger partial charge in [0.05, 0.1) is 11.3 Å². The van der Waals surface area contributed by atoms with Crippen molar-refractivity contribution in [3.63, 3.8) is 0 Å². The van der Waals surface area contributed by atoms with Crippen molar-refractivity contribution in [2.24, 2.45) is 0 Å². The summed E-state index contributed by atoms with van der Waals surface area (Å²) in [5.74, 6) is -0.957. The molecule has 0 aliphatic heterocycles. The van der Waals surface area contributed by atoms with Gasteiger partial charge in [-0.3, -0.25) is 10.1 Å². The second-order valence-corrected chi connectivity index (χ2v) is 7.33. The van der Waals surface area contributed by atoms with E-state index in [1.54, 1.807) is 19.1 Å². The minimum absolute atomic E-state index is 0.424. The highest BCUT2D eigenvalue weighted by Crippen LogP contribution is 2.25. The fourth-order valence-electron chi connectivity index (χ4n) is 2.96. The van der Waals surface area contributed by atoms with Crippen LogP contribution in [0.4, 0.5) is 5.13 Å². The van der Waals surface area contributed by atoms with E-state index in [0.717, 1.165) is 22.0 Å². The summed E-state index contributed by atoms with van der Waals surface area (Å²) in [5.41, 5.74) is 2.19. The molecule has 0 fully saturated rings. The Morgan fingerprint density at radius 2 is 1.69 bits per heavy atom. The molecule has 3 aromatic carbocycles. The number of anilines is 1. The summed E-state index contributed by atoms with van der Waals surface area (Å²) in [6.45, 7) is 1.55. The molecule has 0 saturated heterocycles. The van der Waals surface area contributed by atoms with Gasteiger partial charge in [-0.2, -0.15) is 0 Å². The second kappa shape index (κ2) is 8.24. The summed E-state index contributed by atoms with van der Waals surface area (Å²) in [6, 6.07) is 22.7. The summed E-state index contributed by atoms with van der Waals surface area (Å²) in [5, 5.41) is 6.78. The van der Waals surface area contributed by atoms with Crippen molar-refractivity contribution in [1.29, 1.82) is 0 Å². The van der Waals surface area contributed by atoms with Crippen molar-refractivity contribution in [3.05, 3.63) is 83.7 Å². The molecule has 0 saturated carbocycles. The molecule has 5 nitrogen and oxygen atoms in total. The van der Waals surface area contributed by atoms with Crippen LogP contribution in [0.5, 0.6) is 0 Å². The Labute approximate surface area is 172 Å². The number of benzene rings is 3. The van der Waals surface area contributed by atoms with E-state index in [4.69, 9.17) is 4.74 Å². The lowest BCUT2D eigenvalue weighted by atomic mass is 10.0. The Hall–Kier alpha value is -3.51. The number of esters is 1. The average molecular weight is 402 g/mol. The highest BCUT2D eigenvalue weighted by atomic mass is 32.1. The van der Waals surface area contributed by atoms with Crippen LogP contribution in [0.15, 0.2) is 78.2 Å². The SMILES string of the molecule is C[C@@H](OC(=O)c1cccc2ccccc12)C(=O)Nc1nc(-c2ccccc2)cs1. The molecule has 0 spiro atoms. The Morgan fingerprint density at radius 3 is 2.52 bits per heavy atom. The molecule has 0 aliphatic rings. The number of hydrogen-bond donors (Lipinski definition) is 1. The summed E-state index contributed by atoms with van der Waals surface area (Å²) < 4.78 is 5.40. The summed E-state index contributed by atoms with van der Waals surface area (Å²) in [6.07, 6.45) is -0.953. The summed E-state index contributed by atoms with van der Waals surface area (Å²) >= 11 is 1.32. The molecule has 29 heavy (non-hydrogen) atoms. The number of carbonyl (C=O) groups is 2. The van der Waals surface area contributed by atoms with Crippen molar-refractivity contribution >= 4 is 39.1 Å². The van der Waals surface area contributed by atoms with Crippen molar-refractivity contribution in [2.75, 3.05) is 5.32 Å². The molecule has 1 atom stereocenters. The third-order valence-electron chi connectivity index (χ3n) is 4.47. The van der Waals surface area contributed by atoms with Gasteiger partial charge >= 0.3 is 5.97 Å². The minimum atomic E-state index is -0.953. The van der Waals surface area contributed by atoms with Gasteiger partial charge in [0.25, 0.3) is 5.91 Å². The van der Waals surface area contributed by atoms with Gasteiger partial charge in [-0.25, -0.2) is 9.78 Å². The smallest absolute Gasteiger partial charge is 0.339 e. The monoisotopic (exact) mass is 402 g/mol. The number of aromatic nitrogens is 1. The van der Waals surface area contributed by atoms with Gasteiger partial charge in [0.1, 0.15) is 0 Å². The number of nitrogens with one attached hydrogen (secondary N) is 1. The first kappa shape index (κ1) is 18.8. The lowest BCUT2D eigenvalue weighted by molar-refractivity contribution is -0.123. The third kappa shape index (κ3) is 4.17. The van der Waals surface area contributed by atoms with E-state index in [0.29, 0.717) is 10.7 Å². The van der Waals surface area contributed by atoms with Crippen molar-refractivity contribution in [1.82, 2.24) is 4.98 Å². The van der Waals surface area contributed by atoms with Crippen LogP contribution in [0.25, 0.3) is 22.0 Å². The van der Waals surface area contributed by atoms with Gasteiger partial charge in [0.2, 0.25) is 0 Å². The lowest BCUT2D eigenvalue weighted by Gasteiger charge is -2.13. The Bertz CT molecular complexity index is 1170. The molecule has 0 radical (unpaired) electrons. The maximum absolute atomic E-state index is 12.6. The maximum Gasteiger partial charge on any atom is 0.339 e. The highest BCUT2D eigenvalue weighted by molar-refractivity contribution is 7.14. The van der Waals surface area contributed by atoms with Gasteiger partial charge in [-0.05, 0) is 23.8 Å². The maximum atomic E-state index is 12.6. The molecule has 0 aliphatic carbocycles. The van der Waals surface area contributed by atoms with Gasteiger partial charge in [0, 0.05) is 10.9 Å². The fourth-order valence-corrected chi connectivity index (χ4v) is 3.68. The van der Waals surface area contributed by atoms with E-state index < -0.39 is 18.0 Å². The predicted octanol–water partition coefficient (Wildman–Crippen LogP) is 5.15. The fraction of sp³-hybridized carbons (Fsp3) is 0.0870. The molecule has 6 heteroatoms. The van der Waals surface area contributed by atoms with Crippen LogP contribution in [-0.2, 0) is 9.53 Å². The number of fused-ring (bicyclic) bond motifs is 1. The van der Waals surface area contributed by atoms with E-state index in [-0.39, 0.29) is 0 Å². The Morgan fingerprint density at radius 1 is 0.966 bits per heavy atom. The van der Waals surface area contributed by atoms with Gasteiger partial charge in [-0.1, -0.05) is 66.7 Å². The molecule has 0 unspecified atom stereocenters. The zero-order valence-corrected chi connectivity index (χ0v) is 16.5. The van der Waals surface area contributed by atoms with E-state index in [9.17, 15) is 9.59 Å². The summed E-state index contributed by atoms with van der Waals surface area (Å²) in [4.78, 5) is 29.5. The zero-order valence-electron chi connectivity index (χ0n) is 15.7. The largest absolute Gasteiger partial charge is 0.449 e. The van der Waals surface area contributed by atoms with Crippen LogP contribution in [0.1, 0.15) is 17.3 Å². The number of thiazole rings is 1. The van der Waals surface area contributed by atoms with Crippen molar-refractivity contribution in [2.45, 2.75) is 13.0 Å². The number of amides is 1. The van der Waals surface area contributed by atoms with Crippen LogP contribution in [0.2, 0.25) is 0 Å². The molecular weight excluding hydrogens is 384 g/mol. The van der Waals surface area contributed by atoms with Crippen LogP contribution < -0.4 is 5.32 Å². The topological polar surface area (TPSA) is 68.3 Å². The molecule has 144 valence electrons. The Balaban J connectivity index is 1.43. The number of hydrogen-bond acceptors (Lipinski definition) is 5. The normalized spacial score (nSPS) is 11.8. The van der Waals surface area contributed by atoms with Crippen LogP contribution in [-0.4, -0.2) is 23.0 Å². The quantitative estimate of drug-likeness (QED) is 0.469. The number of ether oxygens (including phenoxy) is 1. The zero-order chi connectivity index (χ0) is 20.2. The van der Waals surface area contributed by atoms with E-state index >= 15 is 0 Å². The van der Waals surface area contributed by atoms with Gasteiger partial charge < -0.3 is 4.74 Å². The first-order valence-corrected chi connectivity index (χ1v) is 10.0. The lowest BCUT2D eigenvalue weighted by Crippen LogP contribution is -2.30. The molecular formula is C23H18N2O3S. The first-order valence-electron chi connectivity index (χ1n) is 9.12.